The average molecular weight is 259 g/mol. The minimum Gasteiger partial charge on any atom is -0.424 e. The Kier molecular flexibility index (Phi) is 4.83. The van der Waals surface area contributed by atoms with Gasteiger partial charge < -0.3 is 15.2 Å². The third-order valence-electron chi connectivity index (χ3n) is 2.58. The first-order chi connectivity index (χ1) is 9.31. The van der Waals surface area contributed by atoms with Gasteiger partial charge in [-0.15, -0.1) is 0 Å². The first-order valence-corrected chi connectivity index (χ1v) is 6.21. The molecule has 5 heteroatoms. The molecule has 2 rings (SSSR count). The molecule has 2 N–H and O–H groups in total. The summed E-state index contributed by atoms with van der Waals surface area (Å²) in [6.45, 7) is 3.74. The van der Waals surface area contributed by atoms with Gasteiger partial charge in [-0.3, -0.25) is 0 Å². The lowest BCUT2D eigenvalue weighted by molar-refractivity contribution is 0.281. The van der Waals surface area contributed by atoms with Gasteiger partial charge in [0, 0.05) is 24.5 Å². The number of nitrogens with zero attached hydrogens (tertiary/aromatic N) is 2. The maximum Gasteiger partial charge on any atom is 0.321 e. The molecule has 0 aliphatic rings. The zero-order valence-electron chi connectivity index (χ0n) is 10.8. The van der Waals surface area contributed by atoms with Crippen LogP contribution in [-0.4, -0.2) is 21.6 Å². The lowest BCUT2D eigenvalue weighted by atomic mass is 10.2. The van der Waals surface area contributed by atoms with Gasteiger partial charge in [-0.1, -0.05) is 19.1 Å². The maximum atomic E-state index is 8.95. The van der Waals surface area contributed by atoms with Gasteiger partial charge in [0.1, 0.15) is 5.75 Å². The van der Waals surface area contributed by atoms with Crippen molar-refractivity contribution in [2.24, 2.45) is 0 Å². The Hall–Kier alpha value is -1.98. The van der Waals surface area contributed by atoms with Crippen LogP contribution in [0.4, 0.5) is 0 Å². The molecule has 0 aliphatic heterocycles. The van der Waals surface area contributed by atoms with Crippen LogP contribution < -0.4 is 10.1 Å². The van der Waals surface area contributed by atoms with Crippen LogP contribution in [0.1, 0.15) is 18.1 Å². The van der Waals surface area contributed by atoms with Gasteiger partial charge in [-0.05, 0) is 24.2 Å². The number of hydrogen-bond donors (Lipinski definition) is 2. The van der Waals surface area contributed by atoms with E-state index in [9.17, 15) is 0 Å². The Morgan fingerprint density at radius 2 is 1.79 bits per heavy atom. The Balaban J connectivity index is 1.98. The molecule has 19 heavy (non-hydrogen) atoms. The van der Waals surface area contributed by atoms with Gasteiger partial charge in [0.05, 0.1) is 6.61 Å². The van der Waals surface area contributed by atoms with Gasteiger partial charge in [0.15, 0.2) is 0 Å². The zero-order chi connectivity index (χ0) is 13.5. The second-order valence-electron chi connectivity index (χ2n) is 4.06. The van der Waals surface area contributed by atoms with Crippen molar-refractivity contribution >= 4 is 0 Å². The standard InChI is InChI=1S/C14H17N3O2/c1-2-15-7-12-8-16-14(17-9-12)19-13-5-3-11(10-18)4-6-13/h3-6,8-9,15,18H,2,7,10H2,1H3. The van der Waals surface area contributed by atoms with Crippen molar-refractivity contribution < 1.29 is 9.84 Å². The molecule has 0 aliphatic carbocycles. The molecule has 2 aromatic rings. The Bertz CT molecular complexity index is 497. The number of nitrogens with one attached hydrogen (secondary N) is 1. The predicted molar refractivity (Wildman–Crippen MR) is 71.9 cm³/mol. The summed E-state index contributed by atoms with van der Waals surface area (Å²) in [7, 11) is 0. The normalized spacial score (nSPS) is 10.4. The number of ether oxygens (including phenoxy) is 1. The number of aliphatic hydroxyl groups is 1. The fourth-order valence-corrected chi connectivity index (χ4v) is 1.52. The second-order valence-corrected chi connectivity index (χ2v) is 4.06. The van der Waals surface area contributed by atoms with E-state index in [1.54, 1.807) is 36.7 Å². The Morgan fingerprint density at radius 1 is 1.11 bits per heavy atom. The van der Waals surface area contributed by atoms with E-state index in [0.29, 0.717) is 11.8 Å². The molecule has 0 spiro atoms. The van der Waals surface area contributed by atoms with E-state index in [-0.39, 0.29) is 6.61 Å². The van der Waals surface area contributed by atoms with Crippen LogP contribution >= 0.6 is 0 Å². The molecule has 0 bridgehead atoms. The zero-order valence-corrected chi connectivity index (χ0v) is 10.8. The predicted octanol–water partition coefficient (Wildman–Crippen LogP) is 1.87. The molecule has 0 radical (unpaired) electrons. The molecule has 0 atom stereocenters. The topological polar surface area (TPSA) is 67.3 Å². The highest BCUT2D eigenvalue weighted by molar-refractivity contribution is 5.28. The maximum absolute atomic E-state index is 8.95. The summed E-state index contributed by atoms with van der Waals surface area (Å²) in [4.78, 5) is 8.29. The lowest BCUT2D eigenvalue weighted by Gasteiger charge is -2.05. The second kappa shape index (κ2) is 6.82. The lowest BCUT2D eigenvalue weighted by Crippen LogP contribution is -2.12. The summed E-state index contributed by atoms with van der Waals surface area (Å²) in [6.07, 6.45) is 3.49. The number of rotatable bonds is 6. The summed E-state index contributed by atoms with van der Waals surface area (Å²) in [5.41, 5.74) is 1.86. The van der Waals surface area contributed by atoms with Crippen molar-refractivity contribution in [1.82, 2.24) is 15.3 Å². The summed E-state index contributed by atoms with van der Waals surface area (Å²) >= 11 is 0. The molecule has 5 nitrogen and oxygen atoms in total. The van der Waals surface area contributed by atoms with Gasteiger partial charge >= 0.3 is 6.01 Å². The minimum absolute atomic E-state index is 0.0237. The highest BCUT2D eigenvalue weighted by Gasteiger charge is 2.01. The van der Waals surface area contributed by atoms with Crippen LogP contribution in [0.3, 0.4) is 0 Å². The van der Waals surface area contributed by atoms with Gasteiger partial charge in [-0.2, -0.15) is 0 Å². The van der Waals surface area contributed by atoms with Crippen molar-refractivity contribution in [3.8, 4) is 11.8 Å². The third-order valence-corrected chi connectivity index (χ3v) is 2.58. The van der Waals surface area contributed by atoms with Crippen LogP contribution in [0.15, 0.2) is 36.7 Å². The largest absolute Gasteiger partial charge is 0.424 e. The summed E-state index contributed by atoms with van der Waals surface area (Å²) in [5, 5.41) is 12.2. The smallest absolute Gasteiger partial charge is 0.321 e. The quantitative estimate of drug-likeness (QED) is 0.829. The van der Waals surface area contributed by atoms with E-state index in [1.165, 1.54) is 0 Å². The van der Waals surface area contributed by atoms with Crippen molar-refractivity contribution in [2.75, 3.05) is 6.54 Å². The Morgan fingerprint density at radius 3 is 2.37 bits per heavy atom. The van der Waals surface area contributed by atoms with Crippen LogP contribution in [0.2, 0.25) is 0 Å². The van der Waals surface area contributed by atoms with E-state index in [4.69, 9.17) is 9.84 Å². The number of benzene rings is 1. The van der Waals surface area contributed by atoms with Crippen LogP contribution in [0.25, 0.3) is 0 Å². The molecule has 0 saturated heterocycles. The molecule has 0 amide bonds. The summed E-state index contributed by atoms with van der Waals surface area (Å²) < 4.78 is 5.51. The first kappa shape index (κ1) is 13.5. The average Bonchev–Trinajstić information content (AvgIpc) is 2.47. The van der Waals surface area contributed by atoms with Crippen molar-refractivity contribution in [3.63, 3.8) is 0 Å². The molecular weight excluding hydrogens is 242 g/mol. The van der Waals surface area contributed by atoms with E-state index in [1.807, 2.05) is 6.92 Å². The Labute approximate surface area is 112 Å². The van der Waals surface area contributed by atoms with Crippen LogP contribution in [0.5, 0.6) is 11.8 Å². The fraction of sp³-hybridized carbons (Fsp3) is 0.286. The number of aliphatic hydroxyl groups excluding tert-OH is 1. The van der Waals surface area contributed by atoms with E-state index in [2.05, 4.69) is 15.3 Å². The first-order valence-electron chi connectivity index (χ1n) is 6.21. The molecule has 100 valence electrons. The molecule has 0 fully saturated rings. The van der Waals surface area contributed by atoms with Crippen LogP contribution in [-0.2, 0) is 13.2 Å². The molecule has 1 heterocycles. The van der Waals surface area contributed by atoms with Crippen molar-refractivity contribution in [2.45, 2.75) is 20.1 Å². The fourth-order valence-electron chi connectivity index (χ4n) is 1.52. The van der Waals surface area contributed by atoms with Gasteiger partial charge in [0.25, 0.3) is 0 Å². The highest BCUT2D eigenvalue weighted by Crippen LogP contribution is 2.17. The molecule has 1 aromatic heterocycles. The molecule has 0 saturated carbocycles. The van der Waals surface area contributed by atoms with Crippen molar-refractivity contribution in [1.29, 1.82) is 0 Å². The van der Waals surface area contributed by atoms with Crippen molar-refractivity contribution in [3.05, 3.63) is 47.8 Å². The number of hydrogen-bond acceptors (Lipinski definition) is 5. The van der Waals surface area contributed by atoms with E-state index in [0.717, 1.165) is 24.2 Å². The highest BCUT2D eigenvalue weighted by atomic mass is 16.5. The van der Waals surface area contributed by atoms with Gasteiger partial charge in [0.2, 0.25) is 0 Å². The summed E-state index contributed by atoms with van der Waals surface area (Å²) in [6, 6.07) is 7.48. The molecule has 0 unspecified atom stereocenters. The minimum atomic E-state index is 0.0237. The third kappa shape index (κ3) is 4.01. The van der Waals surface area contributed by atoms with E-state index < -0.39 is 0 Å². The monoisotopic (exact) mass is 259 g/mol. The SMILES string of the molecule is CCNCc1cnc(Oc2ccc(CO)cc2)nc1. The molecular formula is C14H17N3O2. The summed E-state index contributed by atoms with van der Waals surface area (Å²) in [5.74, 6) is 0.650. The van der Waals surface area contributed by atoms with Crippen LogP contribution in [0, 0.1) is 0 Å². The van der Waals surface area contributed by atoms with Gasteiger partial charge in [-0.25, -0.2) is 9.97 Å². The molecule has 1 aromatic carbocycles. The number of aromatic nitrogens is 2. The van der Waals surface area contributed by atoms with E-state index >= 15 is 0 Å².